The molecule has 0 aliphatic heterocycles. The van der Waals surface area contributed by atoms with E-state index in [-0.39, 0.29) is 5.56 Å². The molecule has 0 atom stereocenters. The summed E-state index contributed by atoms with van der Waals surface area (Å²) < 4.78 is 0. The van der Waals surface area contributed by atoms with Gasteiger partial charge in [0.25, 0.3) is 0 Å². The fraction of sp³-hybridized carbons (Fsp3) is 0.0667. The number of aromatic nitrogens is 3. The number of carbonyl (C=O) groups is 1. The van der Waals surface area contributed by atoms with Crippen LogP contribution in [-0.4, -0.2) is 26.0 Å². The summed E-state index contributed by atoms with van der Waals surface area (Å²) in [4.78, 5) is 24.9. The number of carboxylic acids is 1. The van der Waals surface area contributed by atoms with Crippen LogP contribution in [0.3, 0.4) is 0 Å². The maximum absolute atomic E-state index is 11.0. The molecule has 22 heavy (non-hydrogen) atoms. The molecule has 0 unspecified atom stereocenters. The van der Waals surface area contributed by atoms with Gasteiger partial charge in [0.15, 0.2) is 5.13 Å². The summed E-state index contributed by atoms with van der Waals surface area (Å²) in [6.45, 7) is 1.97. The smallest absolute Gasteiger partial charge is 0.335 e. The van der Waals surface area contributed by atoms with Crippen LogP contribution in [0.1, 0.15) is 15.2 Å². The Kier molecular flexibility index (Phi) is 3.80. The lowest BCUT2D eigenvalue weighted by Crippen LogP contribution is -1.99. The van der Waals surface area contributed by atoms with Crippen LogP contribution in [0, 0.1) is 6.92 Å². The van der Waals surface area contributed by atoms with Crippen LogP contribution in [-0.2, 0) is 0 Å². The Hall–Kier alpha value is -2.80. The third kappa shape index (κ3) is 2.94. The molecule has 0 spiro atoms. The Balaban J connectivity index is 1.88. The standard InChI is InChI=1S/C15H12N4O2S/c1-9-13(11-4-2-3-6-16-11)19-15(22-9)18-12-8-10(14(20)21)5-7-17-12/h2-8H,1H3,(H,20,21)(H,17,18,19). The Labute approximate surface area is 130 Å². The highest BCUT2D eigenvalue weighted by Gasteiger charge is 2.12. The second-order valence-corrected chi connectivity index (χ2v) is 5.70. The number of hydrogen-bond donors (Lipinski definition) is 2. The molecule has 2 N–H and O–H groups in total. The summed E-state index contributed by atoms with van der Waals surface area (Å²) in [5.41, 5.74) is 1.79. The molecule has 0 amide bonds. The lowest BCUT2D eigenvalue weighted by molar-refractivity contribution is 0.0697. The van der Waals surface area contributed by atoms with Crippen LogP contribution < -0.4 is 5.32 Å². The van der Waals surface area contributed by atoms with Gasteiger partial charge in [0.1, 0.15) is 11.5 Å². The summed E-state index contributed by atoms with van der Waals surface area (Å²) in [6.07, 6.45) is 3.17. The molecule has 3 aromatic rings. The number of pyridine rings is 2. The van der Waals surface area contributed by atoms with E-state index < -0.39 is 5.97 Å². The number of nitrogens with one attached hydrogen (secondary N) is 1. The van der Waals surface area contributed by atoms with Gasteiger partial charge >= 0.3 is 5.97 Å². The van der Waals surface area contributed by atoms with E-state index in [0.29, 0.717) is 10.9 Å². The first-order valence-corrected chi connectivity index (χ1v) is 7.30. The number of nitrogens with zero attached hydrogens (tertiary/aromatic N) is 3. The van der Waals surface area contributed by atoms with Crippen molar-refractivity contribution in [3.8, 4) is 11.4 Å². The number of carboxylic acid groups (broad SMARTS) is 1. The van der Waals surface area contributed by atoms with E-state index in [1.54, 1.807) is 6.20 Å². The monoisotopic (exact) mass is 312 g/mol. The van der Waals surface area contributed by atoms with Gasteiger partial charge in [-0.2, -0.15) is 0 Å². The molecule has 0 aliphatic carbocycles. The molecular weight excluding hydrogens is 300 g/mol. The van der Waals surface area contributed by atoms with Crippen molar-refractivity contribution in [3.63, 3.8) is 0 Å². The Morgan fingerprint density at radius 1 is 1.23 bits per heavy atom. The van der Waals surface area contributed by atoms with Gasteiger partial charge in [0, 0.05) is 17.3 Å². The first-order valence-electron chi connectivity index (χ1n) is 6.48. The van der Waals surface area contributed by atoms with Crippen LogP contribution in [0.15, 0.2) is 42.7 Å². The average Bonchev–Trinajstić information content (AvgIpc) is 2.89. The number of rotatable bonds is 4. The third-order valence-corrected chi connectivity index (χ3v) is 3.83. The van der Waals surface area contributed by atoms with E-state index >= 15 is 0 Å². The zero-order valence-electron chi connectivity index (χ0n) is 11.6. The highest BCUT2D eigenvalue weighted by molar-refractivity contribution is 7.16. The number of thiazole rings is 1. The molecule has 0 bridgehead atoms. The van der Waals surface area contributed by atoms with Crippen molar-refractivity contribution in [2.24, 2.45) is 0 Å². The largest absolute Gasteiger partial charge is 0.478 e. The third-order valence-electron chi connectivity index (χ3n) is 2.95. The normalized spacial score (nSPS) is 10.4. The second-order valence-electron chi connectivity index (χ2n) is 4.50. The quantitative estimate of drug-likeness (QED) is 0.768. The summed E-state index contributed by atoms with van der Waals surface area (Å²) >= 11 is 1.47. The van der Waals surface area contributed by atoms with E-state index in [1.807, 2.05) is 25.1 Å². The van der Waals surface area contributed by atoms with Gasteiger partial charge in [-0.3, -0.25) is 4.98 Å². The van der Waals surface area contributed by atoms with Crippen molar-refractivity contribution in [2.45, 2.75) is 6.92 Å². The van der Waals surface area contributed by atoms with E-state index in [2.05, 4.69) is 20.3 Å². The zero-order chi connectivity index (χ0) is 15.5. The molecule has 0 saturated carbocycles. The predicted octanol–water partition coefficient (Wildman–Crippen LogP) is 3.35. The SMILES string of the molecule is Cc1sc(Nc2cc(C(=O)O)ccn2)nc1-c1ccccn1. The highest BCUT2D eigenvalue weighted by atomic mass is 32.1. The van der Waals surface area contributed by atoms with Gasteiger partial charge in [-0.1, -0.05) is 6.07 Å². The van der Waals surface area contributed by atoms with Crippen LogP contribution >= 0.6 is 11.3 Å². The molecular formula is C15H12N4O2S. The number of aromatic carboxylic acids is 1. The van der Waals surface area contributed by atoms with Gasteiger partial charge in [-0.25, -0.2) is 14.8 Å². The molecule has 0 aromatic carbocycles. The van der Waals surface area contributed by atoms with Crippen molar-refractivity contribution in [2.75, 3.05) is 5.32 Å². The summed E-state index contributed by atoms with van der Waals surface area (Å²) in [7, 11) is 0. The summed E-state index contributed by atoms with van der Waals surface area (Å²) in [5, 5.41) is 12.7. The van der Waals surface area contributed by atoms with Gasteiger partial charge in [0.2, 0.25) is 0 Å². The maximum Gasteiger partial charge on any atom is 0.335 e. The van der Waals surface area contributed by atoms with Crippen molar-refractivity contribution >= 4 is 28.3 Å². The van der Waals surface area contributed by atoms with Crippen molar-refractivity contribution in [3.05, 3.63) is 53.2 Å². The van der Waals surface area contributed by atoms with Crippen LogP contribution in [0.25, 0.3) is 11.4 Å². The Morgan fingerprint density at radius 3 is 2.82 bits per heavy atom. The molecule has 7 heteroatoms. The zero-order valence-corrected chi connectivity index (χ0v) is 12.5. The maximum atomic E-state index is 11.0. The van der Waals surface area contributed by atoms with Crippen molar-refractivity contribution < 1.29 is 9.90 Å². The summed E-state index contributed by atoms with van der Waals surface area (Å²) in [5.74, 6) is -0.545. The average molecular weight is 312 g/mol. The van der Waals surface area contributed by atoms with Crippen LogP contribution in [0.4, 0.5) is 10.9 Å². The minimum Gasteiger partial charge on any atom is -0.478 e. The first-order chi connectivity index (χ1) is 10.6. The lowest BCUT2D eigenvalue weighted by atomic mass is 10.2. The minimum atomic E-state index is -0.991. The number of anilines is 2. The van der Waals surface area contributed by atoms with E-state index in [9.17, 15) is 4.79 Å². The molecule has 3 heterocycles. The van der Waals surface area contributed by atoms with Crippen LogP contribution in [0.2, 0.25) is 0 Å². The van der Waals surface area contributed by atoms with Gasteiger partial charge in [0.05, 0.1) is 11.3 Å². The van der Waals surface area contributed by atoms with Gasteiger partial charge in [-0.05, 0) is 31.2 Å². The first kappa shape index (κ1) is 14.2. The molecule has 3 rings (SSSR count). The minimum absolute atomic E-state index is 0.177. The highest BCUT2D eigenvalue weighted by Crippen LogP contribution is 2.30. The number of aryl methyl sites for hydroxylation is 1. The van der Waals surface area contributed by atoms with E-state index in [1.165, 1.54) is 29.7 Å². The fourth-order valence-corrected chi connectivity index (χ4v) is 2.76. The predicted molar refractivity (Wildman–Crippen MR) is 84.6 cm³/mol. The van der Waals surface area contributed by atoms with Crippen molar-refractivity contribution in [1.29, 1.82) is 0 Å². The molecule has 0 fully saturated rings. The van der Waals surface area contributed by atoms with E-state index in [0.717, 1.165) is 16.3 Å². The van der Waals surface area contributed by atoms with Gasteiger partial charge in [-0.15, -0.1) is 11.3 Å². The number of hydrogen-bond acceptors (Lipinski definition) is 6. The summed E-state index contributed by atoms with van der Waals surface area (Å²) in [6, 6.07) is 8.58. The van der Waals surface area contributed by atoms with Crippen molar-refractivity contribution in [1.82, 2.24) is 15.0 Å². The topological polar surface area (TPSA) is 88.0 Å². The Bertz CT molecular complexity index is 817. The molecule has 0 aliphatic rings. The lowest BCUT2D eigenvalue weighted by Gasteiger charge is -2.02. The second kappa shape index (κ2) is 5.90. The molecule has 0 saturated heterocycles. The van der Waals surface area contributed by atoms with E-state index in [4.69, 9.17) is 5.11 Å². The molecule has 110 valence electrons. The molecule has 3 aromatic heterocycles. The Morgan fingerprint density at radius 2 is 2.09 bits per heavy atom. The van der Waals surface area contributed by atoms with Gasteiger partial charge < -0.3 is 10.4 Å². The molecule has 0 radical (unpaired) electrons. The molecule has 6 nitrogen and oxygen atoms in total. The van der Waals surface area contributed by atoms with Crippen LogP contribution in [0.5, 0.6) is 0 Å². The fourth-order valence-electron chi connectivity index (χ4n) is 1.93.